The number of hydrogen-bond acceptors (Lipinski definition) is 6. The number of carbonyl (C=O) groups is 3. The summed E-state index contributed by atoms with van der Waals surface area (Å²) in [4.78, 5) is 37.0. The fourth-order valence-electron chi connectivity index (χ4n) is 2.19. The summed E-state index contributed by atoms with van der Waals surface area (Å²) in [7, 11) is 2.46. The van der Waals surface area contributed by atoms with Gasteiger partial charge in [0.2, 0.25) is 5.91 Å². The molecule has 0 radical (unpaired) electrons. The molecule has 27 heavy (non-hydrogen) atoms. The molecular formula is C19H18ClNO5S. The summed E-state index contributed by atoms with van der Waals surface area (Å²) in [5, 5.41) is 2.91. The van der Waals surface area contributed by atoms with Crippen LogP contribution in [0.4, 0.5) is 5.69 Å². The predicted octanol–water partition coefficient (Wildman–Crippen LogP) is 4.03. The molecule has 0 bridgehead atoms. The van der Waals surface area contributed by atoms with E-state index in [9.17, 15) is 14.4 Å². The summed E-state index contributed by atoms with van der Waals surface area (Å²) in [6.45, 7) is 1.75. The van der Waals surface area contributed by atoms with Gasteiger partial charge < -0.3 is 14.8 Å². The van der Waals surface area contributed by atoms with Crippen molar-refractivity contribution in [2.75, 3.05) is 19.5 Å². The molecule has 1 N–H and O–H groups in total. The number of anilines is 1. The highest BCUT2D eigenvalue weighted by atomic mass is 35.5. The van der Waals surface area contributed by atoms with Gasteiger partial charge in [-0.25, -0.2) is 9.59 Å². The van der Waals surface area contributed by atoms with Crippen LogP contribution in [-0.2, 0) is 14.3 Å². The number of methoxy groups -OCH3 is 2. The maximum absolute atomic E-state index is 12.5. The number of benzene rings is 2. The largest absolute Gasteiger partial charge is 0.465 e. The van der Waals surface area contributed by atoms with E-state index in [1.807, 2.05) is 12.1 Å². The second kappa shape index (κ2) is 9.43. The molecule has 2 rings (SSSR count). The summed E-state index contributed by atoms with van der Waals surface area (Å²) in [6.07, 6.45) is 0. The minimum absolute atomic E-state index is 0.133. The van der Waals surface area contributed by atoms with Crippen LogP contribution in [0.1, 0.15) is 27.6 Å². The summed E-state index contributed by atoms with van der Waals surface area (Å²) in [6, 6.07) is 11.4. The topological polar surface area (TPSA) is 81.7 Å². The van der Waals surface area contributed by atoms with Crippen molar-refractivity contribution in [1.29, 1.82) is 0 Å². The molecular weight excluding hydrogens is 390 g/mol. The third-order valence-corrected chi connectivity index (χ3v) is 4.90. The van der Waals surface area contributed by atoms with Gasteiger partial charge in [0.1, 0.15) is 0 Å². The van der Waals surface area contributed by atoms with E-state index in [1.54, 1.807) is 19.1 Å². The van der Waals surface area contributed by atoms with Crippen molar-refractivity contribution in [3.05, 3.63) is 58.6 Å². The number of ether oxygens (including phenoxy) is 2. The number of hydrogen-bond donors (Lipinski definition) is 1. The van der Waals surface area contributed by atoms with Gasteiger partial charge in [-0.3, -0.25) is 4.79 Å². The van der Waals surface area contributed by atoms with Crippen LogP contribution in [0.5, 0.6) is 0 Å². The molecule has 2 aromatic rings. The molecule has 1 amide bonds. The van der Waals surface area contributed by atoms with Gasteiger partial charge in [-0.2, -0.15) is 0 Å². The normalized spacial score (nSPS) is 11.4. The van der Waals surface area contributed by atoms with E-state index in [4.69, 9.17) is 11.6 Å². The van der Waals surface area contributed by atoms with Gasteiger partial charge in [-0.1, -0.05) is 11.6 Å². The second-order valence-corrected chi connectivity index (χ2v) is 7.34. The van der Waals surface area contributed by atoms with Crippen molar-refractivity contribution >= 4 is 46.9 Å². The molecule has 1 atom stereocenters. The lowest BCUT2D eigenvalue weighted by molar-refractivity contribution is -0.115. The molecule has 0 saturated heterocycles. The van der Waals surface area contributed by atoms with Gasteiger partial charge in [0.25, 0.3) is 0 Å². The van der Waals surface area contributed by atoms with Gasteiger partial charge in [-0.15, -0.1) is 11.8 Å². The average Bonchev–Trinajstić information content (AvgIpc) is 2.67. The first-order valence-electron chi connectivity index (χ1n) is 7.89. The second-order valence-electron chi connectivity index (χ2n) is 5.49. The van der Waals surface area contributed by atoms with E-state index in [0.717, 1.165) is 4.90 Å². The van der Waals surface area contributed by atoms with Crippen LogP contribution in [0.15, 0.2) is 47.4 Å². The van der Waals surface area contributed by atoms with Crippen LogP contribution < -0.4 is 5.32 Å². The first-order valence-corrected chi connectivity index (χ1v) is 9.14. The summed E-state index contributed by atoms with van der Waals surface area (Å²) in [5.74, 6) is -1.53. The number of halogens is 1. The Morgan fingerprint density at radius 1 is 0.963 bits per heavy atom. The Morgan fingerprint density at radius 3 is 1.96 bits per heavy atom. The van der Waals surface area contributed by atoms with Crippen LogP contribution in [0.2, 0.25) is 5.02 Å². The molecule has 0 heterocycles. The summed E-state index contributed by atoms with van der Waals surface area (Å²) in [5.41, 5.74) is 0.564. The number of carbonyl (C=O) groups excluding carboxylic acids is 3. The van der Waals surface area contributed by atoms with Crippen LogP contribution in [0.3, 0.4) is 0 Å². The quantitative estimate of drug-likeness (QED) is 0.575. The zero-order valence-corrected chi connectivity index (χ0v) is 16.5. The van der Waals surface area contributed by atoms with Gasteiger partial charge in [-0.05, 0) is 49.4 Å². The molecule has 6 nitrogen and oxygen atoms in total. The van der Waals surface area contributed by atoms with Gasteiger partial charge in [0.05, 0.1) is 30.6 Å². The van der Waals surface area contributed by atoms with Crippen LogP contribution in [-0.4, -0.2) is 37.3 Å². The van der Waals surface area contributed by atoms with E-state index in [0.29, 0.717) is 10.7 Å². The molecule has 142 valence electrons. The van der Waals surface area contributed by atoms with E-state index in [1.165, 1.54) is 44.2 Å². The van der Waals surface area contributed by atoms with Crippen molar-refractivity contribution in [2.24, 2.45) is 0 Å². The lowest BCUT2D eigenvalue weighted by atomic mass is 10.1. The monoisotopic (exact) mass is 407 g/mol. The van der Waals surface area contributed by atoms with Crippen molar-refractivity contribution in [2.45, 2.75) is 17.1 Å². The first-order chi connectivity index (χ1) is 12.8. The molecule has 8 heteroatoms. The van der Waals surface area contributed by atoms with Crippen molar-refractivity contribution in [3.63, 3.8) is 0 Å². The Kier molecular flexibility index (Phi) is 7.27. The smallest absolute Gasteiger partial charge is 0.337 e. The fourth-order valence-corrected chi connectivity index (χ4v) is 3.18. The van der Waals surface area contributed by atoms with Crippen LogP contribution in [0.25, 0.3) is 0 Å². The lowest BCUT2D eigenvalue weighted by Crippen LogP contribution is -2.23. The SMILES string of the molecule is COC(=O)c1cc(NC(=O)[C@@H](C)Sc2ccc(Cl)cc2)cc(C(=O)OC)c1. The summed E-state index contributed by atoms with van der Waals surface area (Å²) < 4.78 is 9.36. The predicted molar refractivity (Wildman–Crippen MR) is 105 cm³/mol. The third kappa shape index (κ3) is 5.74. The van der Waals surface area contributed by atoms with Crippen molar-refractivity contribution < 1.29 is 23.9 Å². The highest BCUT2D eigenvalue weighted by Gasteiger charge is 2.18. The van der Waals surface area contributed by atoms with E-state index >= 15 is 0 Å². The Labute approximate surface area is 166 Å². The first kappa shape index (κ1) is 20.8. The third-order valence-electron chi connectivity index (χ3n) is 3.54. The van der Waals surface area contributed by atoms with Gasteiger partial charge >= 0.3 is 11.9 Å². The number of thioether (sulfide) groups is 1. The standard InChI is InChI=1S/C19H18ClNO5S/c1-11(27-16-6-4-14(20)5-7-16)17(22)21-15-9-12(18(23)25-2)8-13(10-15)19(24)26-3/h4-11H,1-3H3,(H,21,22)/t11-/m1/s1. The van der Waals surface area contributed by atoms with Gasteiger partial charge in [0.15, 0.2) is 0 Å². The van der Waals surface area contributed by atoms with Crippen LogP contribution in [0, 0.1) is 0 Å². The molecule has 0 aliphatic rings. The number of nitrogens with one attached hydrogen (secondary N) is 1. The summed E-state index contributed by atoms with van der Waals surface area (Å²) >= 11 is 7.21. The average molecular weight is 408 g/mol. The maximum atomic E-state index is 12.5. The minimum Gasteiger partial charge on any atom is -0.465 e. The number of rotatable bonds is 6. The molecule has 2 aromatic carbocycles. The Morgan fingerprint density at radius 2 is 1.48 bits per heavy atom. The van der Waals surface area contributed by atoms with E-state index in [-0.39, 0.29) is 17.0 Å². The minimum atomic E-state index is -0.625. The Hall–Kier alpha value is -2.51. The highest BCUT2D eigenvalue weighted by Crippen LogP contribution is 2.26. The Bertz CT molecular complexity index is 819. The van der Waals surface area contributed by atoms with Crippen LogP contribution >= 0.6 is 23.4 Å². The Balaban J connectivity index is 2.18. The zero-order chi connectivity index (χ0) is 20.0. The molecule has 0 aliphatic carbocycles. The molecule has 0 saturated carbocycles. The fraction of sp³-hybridized carbons (Fsp3) is 0.211. The molecule has 0 fully saturated rings. The van der Waals surface area contributed by atoms with Gasteiger partial charge in [0, 0.05) is 15.6 Å². The van der Waals surface area contributed by atoms with Crippen molar-refractivity contribution in [1.82, 2.24) is 0 Å². The molecule has 0 spiro atoms. The van der Waals surface area contributed by atoms with E-state index in [2.05, 4.69) is 14.8 Å². The van der Waals surface area contributed by atoms with Crippen molar-refractivity contribution in [3.8, 4) is 0 Å². The lowest BCUT2D eigenvalue weighted by Gasteiger charge is -2.13. The number of amides is 1. The highest BCUT2D eigenvalue weighted by molar-refractivity contribution is 8.00. The molecule has 0 unspecified atom stereocenters. The van der Waals surface area contributed by atoms with E-state index < -0.39 is 17.2 Å². The molecule has 0 aromatic heterocycles. The maximum Gasteiger partial charge on any atom is 0.337 e. The number of esters is 2. The zero-order valence-electron chi connectivity index (χ0n) is 14.9. The molecule has 0 aliphatic heterocycles.